The van der Waals surface area contributed by atoms with E-state index in [0.717, 1.165) is 0 Å². The van der Waals surface area contributed by atoms with Gasteiger partial charge in [0.15, 0.2) is 0 Å². The molecule has 1 atom stereocenters. The lowest BCUT2D eigenvalue weighted by Gasteiger charge is -2.21. The van der Waals surface area contributed by atoms with Crippen LogP contribution in [0.25, 0.3) is 0 Å². The van der Waals surface area contributed by atoms with Gasteiger partial charge in [0.25, 0.3) is 0 Å². The highest BCUT2D eigenvalue weighted by Gasteiger charge is 2.28. The van der Waals surface area contributed by atoms with Crippen LogP contribution in [0.1, 0.15) is 20.8 Å². The molecule has 0 heterocycles. The van der Waals surface area contributed by atoms with E-state index < -0.39 is 16.6 Å². The highest BCUT2D eigenvalue weighted by molar-refractivity contribution is 9.10. The maximum Gasteiger partial charge on any atom is 0.337 e. The number of carbonyl (C=O) groups excluding carboxylic acids is 2. The second-order valence-electron chi connectivity index (χ2n) is 2.60. The summed E-state index contributed by atoms with van der Waals surface area (Å²) in [6.07, 6.45) is 0. The molecule has 13 heavy (non-hydrogen) atoms. The Balaban J connectivity index is 4.24. The summed E-state index contributed by atoms with van der Waals surface area (Å²) in [5.41, 5.74) is 0.234. The van der Waals surface area contributed by atoms with E-state index in [-0.39, 0.29) is 5.57 Å². The molecule has 0 amide bonds. The Morgan fingerprint density at radius 3 is 2.08 bits per heavy atom. The van der Waals surface area contributed by atoms with Gasteiger partial charge in [-0.05, 0) is 6.92 Å². The van der Waals surface area contributed by atoms with Gasteiger partial charge in [-0.1, -0.05) is 6.58 Å². The van der Waals surface area contributed by atoms with Gasteiger partial charge < -0.3 is 9.47 Å². The molecule has 0 saturated heterocycles. The first kappa shape index (κ1) is 12.2. The Morgan fingerprint density at radius 1 is 1.31 bits per heavy atom. The van der Waals surface area contributed by atoms with Crippen LogP contribution in [0.15, 0.2) is 12.2 Å². The summed E-state index contributed by atoms with van der Waals surface area (Å²) in [4.78, 5) is 21.5. The quantitative estimate of drug-likeness (QED) is 0.332. The lowest BCUT2D eigenvalue weighted by molar-refractivity contribution is -0.187. The molecular formula is C8H11BrO4. The van der Waals surface area contributed by atoms with E-state index in [0.29, 0.717) is 0 Å². The number of alkyl halides is 1. The molecule has 0 aliphatic rings. The number of halogens is 1. The molecule has 4 nitrogen and oxygen atoms in total. The van der Waals surface area contributed by atoms with Crippen molar-refractivity contribution in [3.8, 4) is 0 Å². The summed E-state index contributed by atoms with van der Waals surface area (Å²) >= 11 is 2.92. The van der Waals surface area contributed by atoms with Crippen molar-refractivity contribution in [3.63, 3.8) is 0 Å². The molecule has 0 aromatic heterocycles. The fraction of sp³-hybridized carbons (Fsp3) is 0.500. The lowest BCUT2D eigenvalue weighted by Crippen LogP contribution is -2.30. The molecule has 0 aliphatic heterocycles. The van der Waals surface area contributed by atoms with E-state index >= 15 is 0 Å². The monoisotopic (exact) mass is 250 g/mol. The number of ether oxygens (including phenoxy) is 2. The molecule has 0 rings (SSSR count). The number of esters is 2. The molecule has 0 spiro atoms. The van der Waals surface area contributed by atoms with Crippen molar-refractivity contribution >= 4 is 27.9 Å². The summed E-state index contributed by atoms with van der Waals surface area (Å²) in [7, 11) is 0. The van der Waals surface area contributed by atoms with Gasteiger partial charge in [-0.2, -0.15) is 0 Å². The zero-order valence-corrected chi connectivity index (χ0v) is 9.30. The Kier molecular flexibility index (Phi) is 4.13. The summed E-state index contributed by atoms with van der Waals surface area (Å²) in [6, 6.07) is 0. The molecule has 0 aromatic carbocycles. The van der Waals surface area contributed by atoms with Crippen molar-refractivity contribution in [1.29, 1.82) is 0 Å². The second-order valence-corrected chi connectivity index (χ2v) is 4.04. The van der Waals surface area contributed by atoms with Gasteiger partial charge in [0.1, 0.15) is 0 Å². The molecule has 0 aliphatic carbocycles. The maximum atomic E-state index is 11.0. The van der Waals surface area contributed by atoms with Crippen LogP contribution in [-0.4, -0.2) is 16.6 Å². The van der Waals surface area contributed by atoms with Crippen molar-refractivity contribution in [3.05, 3.63) is 12.2 Å². The van der Waals surface area contributed by atoms with Crippen LogP contribution in [0.2, 0.25) is 0 Å². The van der Waals surface area contributed by atoms with Gasteiger partial charge in [0, 0.05) is 35.4 Å². The van der Waals surface area contributed by atoms with Crippen molar-refractivity contribution in [2.24, 2.45) is 0 Å². The van der Waals surface area contributed by atoms with E-state index in [1.165, 1.54) is 20.8 Å². The third-order valence-corrected chi connectivity index (χ3v) is 1.27. The summed E-state index contributed by atoms with van der Waals surface area (Å²) < 4.78 is 7.98. The van der Waals surface area contributed by atoms with E-state index in [1.54, 1.807) is 0 Å². The first-order valence-electron chi connectivity index (χ1n) is 3.52. The predicted octanol–water partition coefficient (Wildman–Crippen LogP) is 1.74. The van der Waals surface area contributed by atoms with E-state index in [4.69, 9.17) is 4.74 Å². The number of carbonyl (C=O) groups is 2. The van der Waals surface area contributed by atoms with Gasteiger partial charge in [-0.25, -0.2) is 4.79 Å². The van der Waals surface area contributed by atoms with Crippen molar-refractivity contribution in [2.45, 2.75) is 25.5 Å². The standard InChI is InChI=1S/C8H11BrO4/c1-5(2)7(11)13-8(4,9)12-6(3)10/h1H2,2-4H3. The van der Waals surface area contributed by atoms with Gasteiger partial charge in [-0.15, -0.1) is 0 Å². The summed E-state index contributed by atoms with van der Waals surface area (Å²) in [5, 5.41) is 0. The van der Waals surface area contributed by atoms with Crippen LogP contribution in [-0.2, 0) is 19.1 Å². The third kappa shape index (κ3) is 5.41. The number of hydrogen-bond donors (Lipinski definition) is 0. The molecule has 74 valence electrons. The fourth-order valence-corrected chi connectivity index (χ4v) is 0.905. The number of rotatable bonds is 3. The Hall–Kier alpha value is -0.840. The topological polar surface area (TPSA) is 52.6 Å². The molecular weight excluding hydrogens is 240 g/mol. The van der Waals surface area contributed by atoms with Gasteiger partial charge in [-0.3, -0.25) is 4.79 Å². The average Bonchev–Trinajstić information content (AvgIpc) is 1.81. The normalized spacial score (nSPS) is 14.2. The van der Waals surface area contributed by atoms with Crippen LogP contribution in [0, 0.1) is 0 Å². The molecule has 0 aromatic rings. The van der Waals surface area contributed by atoms with E-state index in [1.807, 2.05) is 0 Å². The minimum Gasteiger partial charge on any atom is -0.413 e. The minimum absolute atomic E-state index is 0.234. The second kappa shape index (κ2) is 4.41. The average molecular weight is 251 g/mol. The van der Waals surface area contributed by atoms with Crippen LogP contribution < -0.4 is 0 Å². The van der Waals surface area contributed by atoms with Crippen LogP contribution in [0.4, 0.5) is 0 Å². The first-order valence-corrected chi connectivity index (χ1v) is 4.31. The molecule has 0 fully saturated rings. The van der Waals surface area contributed by atoms with Gasteiger partial charge >= 0.3 is 16.6 Å². The van der Waals surface area contributed by atoms with Crippen LogP contribution >= 0.6 is 15.9 Å². The Bertz CT molecular complexity index is 245. The Morgan fingerprint density at radius 2 is 1.77 bits per heavy atom. The SMILES string of the molecule is C=C(C)C(=O)OC(C)(Br)OC(C)=O. The van der Waals surface area contributed by atoms with E-state index in [9.17, 15) is 9.59 Å². The molecule has 5 heteroatoms. The zero-order valence-electron chi connectivity index (χ0n) is 7.72. The molecule has 1 unspecified atom stereocenters. The molecule has 0 saturated carbocycles. The van der Waals surface area contributed by atoms with Gasteiger partial charge in [0.2, 0.25) is 0 Å². The molecule has 0 N–H and O–H groups in total. The summed E-state index contributed by atoms with van der Waals surface area (Å²) in [5.74, 6) is -1.17. The summed E-state index contributed by atoms with van der Waals surface area (Å²) in [6.45, 7) is 7.50. The van der Waals surface area contributed by atoms with E-state index in [2.05, 4.69) is 27.2 Å². The molecule has 0 radical (unpaired) electrons. The van der Waals surface area contributed by atoms with Crippen LogP contribution in [0.3, 0.4) is 0 Å². The maximum absolute atomic E-state index is 11.0. The third-order valence-electron chi connectivity index (χ3n) is 0.949. The largest absolute Gasteiger partial charge is 0.413 e. The fourth-order valence-electron chi connectivity index (χ4n) is 0.530. The van der Waals surface area contributed by atoms with Crippen molar-refractivity contribution in [1.82, 2.24) is 0 Å². The minimum atomic E-state index is -1.42. The van der Waals surface area contributed by atoms with Crippen molar-refractivity contribution in [2.75, 3.05) is 0 Å². The van der Waals surface area contributed by atoms with Gasteiger partial charge in [0.05, 0.1) is 0 Å². The smallest absolute Gasteiger partial charge is 0.337 e. The highest BCUT2D eigenvalue weighted by Crippen LogP contribution is 2.22. The highest BCUT2D eigenvalue weighted by atomic mass is 79.9. The predicted molar refractivity (Wildman–Crippen MR) is 50.0 cm³/mol. The van der Waals surface area contributed by atoms with Crippen LogP contribution in [0.5, 0.6) is 0 Å². The number of hydrogen-bond acceptors (Lipinski definition) is 4. The van der Waals surface area contributed by atoms with Crippen molar-refractivity contribution < 1.29 is 19.1 Å². The Labute approximate surface area is 85.0 Å². The lowest BCUT2D eigenvalue weighted by atomic mass is 10.4. The zero-order chi connectivity index (χ0) is 10.6. The molecule has 0 bridgehead atoms. The first-order chi connectivity index (χ1) is 5.74.